The molecular formula is C28H42N4O9. The molecule has 0 fully saturated rings. The van der Waals surface area contributed by atoms with E-state index in [1.165, 1.54) is 18.0 Å². The van der Waals surface area contributed by atoms with E-state index in [9.17, 15) is 14.4 Å². The van der Waals surface area contributed by atoms with Gasteiger partial charge in [0.15, 0.2) is 5.75 Å². The number of hydrogen-bond donors (Lipinski definition) is 2. The number of amides is 1. The highest BCUT2D eigenvalue weighted by Crippen LogP contribution is 2.26. The number of nitrogens with two attached hydrogens (primary N) is 1. The van der Waals surface area contributed by atoms with Crippen molar-refractivity contribution >= 4 is 12.1 Å². The number of aryl methyl sites for hydroxylation is 1. The van der Waals surface area contributed by atoms with Gasteiger partial charge < -0.3 is 39.5 Å². The molecule has 1 unspecified atom stereocenters. The maximum Gasteiger partial charge on any atom is 0.408 e. The van der Waals surface area contributed by atoms with Gasteiger partial charge in [0.1, 0.15) is 18.2 Å². The van der Waals surface area contributed by atoms with E-state index < -0.39 is 23.7 Å². The molecule has 0 aliphatic rings. The molecule has 0 saturated heterocycles. The maximum atomic E-state index is 13.0. The highest BCUT2D eigenvalue weighted by molar-refractivity contribution is 5.81. The van der Waals surface area contributed by atoms with Crippen LogP contribution in [-0.4, -0.2) is 93.4 Å². The summed E-state index contributed by atoms with van der Waals surface area (Å²) in [6, 6.07) is 6.05. The summed E-state index contributed by atoms with van der Waals surface area (Å²) in [6.07, 6.45) is 0.912. The Morgan fingerprint density at radius 3 is 2.12 bits per heavy atom. The van der Waals surface area contributed by atoms with Crippen LogP contribution in [0.25, 0.3) is 11.1 Å². The molecule has 1 heterocycles. The molecule has 1 aromatic heterocycles. The lowest BCUT2D eigenvalue weighted by atomic mass is 10.0. The molecule has 228 valence electrons. The zero-order chi connectivity index (χ0) is 30.3. The Morgan fingerprint density at radius 1 is 0.976 bits per heavy atom. The van der Waals surface area contributed by atoms with E-state index in [0.717, 1.165) is 5.56 Å². The van der Waals surface area contributed by atoms with Crippen LogP contribution in [0.5, 0.6) is 5.75 Å². The van der Waals surface area contributed by atoms with Gasteiger partial charge in [-0.05, 0) is 31.9 Å². The van der Waals surface area contributed by atoms with Crippen molar-refractivity contribution in [2.45, 2.75) is 38.8 Å². The third kappa shape index (κ3) is 12.3. The predicted octanol–water partition coefficient (Wildman–Crippen LogP) is 1.44. The maximum absolute atomic E-state index is 13.0. The smallest absolute Gasteiger partial charge is 0.408 e. The lowest BCUT2D eigenvalue weighted by Gasteiger charge is -2.22. The Hall–Kier alpha value is -3.52. The van der Waals surface area contributed by atoms with Gasteiger partial charge in [-0.1, -0.05) is 24.3 Å². The highest BCUT2D eigenvalue weighted by atomic mass is 16.6. The van der Waals surface area contributed by atoms with Crippen molar-refractivity contribution < 1.29 is 38.0 Å². The molecule has 2 aromatic rings. The standard InChI is InChI=1S/C28H42N4O9/c1-28(2,3)41-27(35)31-22(26(34)36-5)18-20-6-8-21(9-7-20)24-23(19-30-32(4)25(24)33)40-17-16-39-15-14-38-13-12-37-11-10-29/h6-9,19,22H,10-18,29H2,1-5H3,(H,31,35). The van der Waals surface area contributed by atoms with Gasteiger partial charge in [0, 0.05) is 20.0 Å². The van der Waals surface area contributed by atoms with Crippen molar-refractivity contribution in [1.29, 1.82) is 0 Å². The number of alkyl carbamates (subject to hydrolysis) is 1. The van der Waals surface area contributed by atoms with Crippen LogP contribution in [0.2, 0.25) is 0 Å². The van der Waals surface area contributed by atoms with Crippen LogP contribution in [0.4, 0.5) is 4.79 Å². The van der Waals surface area contributed by atoms with Crippen LogP contribution >= 0.6 is 0 Å². The van der Waals surface area contributed by atoms with E-state index in [1.807, 2.05) is 0 Å². The topological polar surface area (TPSA) is 162 Å². The predicted molar refractivity (Wildman–Crippen MR) is 151 cm³/mol. The lowest BCUT2D eigenvalue weighted by molar-refractivity contribution is -0.143. The zero-order valence-corrected chi connectivity index (χ0v) is 24.5. The number of carbonyl (C=O) groups excluding carboxylic acids is 2. The van der Waals surface area contributed by atoms with Gasteiger partial charge in [0.2, 0.25) is 0 Å². The van der Waals surface area contributed by atoms with E-state index in [-0.39, 0.29) is 18.6 Å². The van der Waals surface area contributed by atoms with Gasteiger partial charge in [-0.2, -0.15) is 5.10 Å². The molecule has 1 amide bonds. The van der Waals surface area contributed by atoms with Crippen molar-refractivity contribution in [2.75, 3.05) is 59.9 Å². The summed E-state index contributed by atoms with van der Waals surface area (Å²) in [5, 5.41) is 6.62. The number of benzene rings is 1. The molecule has 13 heteroatoms. The molecule has 0 aliphatic carbocycles. The van der Waals surface area contributed by atoms with E-state index in [1.54, 1.807) is 52.1 Å². The Morgan fingerprint density at radius 2 is 1.56 bits per heavy atom. The summed E-state index contributed by atoms with van der Waals surface area (Å²) in [7, 11) is 2.80. The van der Waals surface area contributed by atoms with Gasteiger partial charge in [-0.15, -0.1) is 0 Å². The largest absolute Gasteiger partial charge is 0.489 e. The van der Waals surface area contributed by atoms with Crippen LogP contribution in [0.15, 0.2) is 35.3 Å². The lowest BCUT2D eigenvalue weighted by Crippen LogP contribution is -2.45. The van der Waals surface area contributed by atoms with Crippen LogP contribution in [0.1, 0.15) is 26.3 Å². The van der Waals surface area contributed by atoms with Crippen molar-refractivity contribution in [1.82, 2.24) is 15.1 Å². The minimum absolute atomic E-state index is 0.158. The SMILES string of the molecule is COC(=O)C(Cc1ccc(-c2c(OCCOCCOCCOCCN)cnn(C)c2=O)cc1)NC(=O)OC(C)(C)C. The van der Waals surface area contributed by atoms with Crippen LogP contribution in [-0.2, 0) is 41.9 Å². The monoisotopic (exact) mass is 578 g/mol. The van der Waals surface area contributed by atoms with E-state index in [4.69, 9.17) is 34.2 Å². The molecule has 1 aromatic carbocycles. The number of esters is 1. The van der Waals surface area contributed by atoms with Crippen molar-refractivity contribution in [3.63, 3.8) is 0 Å². The quantitative estimate of drug-likeness (QED) is 0.206. The van der Waals surface area contributed by atoms with Crippen molar-refractivity contribution in [2.24, 2.45) is 12.8 Å². The van der Waals surface area contributed by atoms with Gasteiger partial charge >= 0.3 is 12.1 Å². The molecule has 0 saturated carbocycles. The molecule has 0 bridgehead atoms. The summed E-state index contributed by atoms with van der Waals surface area (Å²) in [6.45, 7) is 8.41. The fourth-order valence-corrected chi connectivity index (χ4v) is 3.56. The van der Waals surface area contributed by atoms with Crippen LogP contribution in [0.3, 0.4) is 0 Å². The summed E-state index contributed by atoms with van der Waals surface area (Å²) in [5.41, 5.74) is 5.97. The Labute approximate surface area is 240 Å². The number of aromatic nitrogens is 2. The van der Waals surface area contributed by atoms with Gasteiger partial charge in [0.05, 0.1) is 58.5 Å². The first-order valence-electron chi connectivity index (χ1n) is 13.3. The fraction of sp³-hybridized carbons (Fsp3) is 0.571. The summed E-state index contributed by atoms with van der Waals surface area (Å²) >= 11 is 0. The molecule has 3 N–H and O–H groups in total. The van der Waals surface area contributed by atoms with Crippen LogP contribution < -0.4 is 21.3 Å². The van der Waals surface area contributed by atoms with Gasteiger partial charge in [-0.3, -0.25) is 4.79 Å². The first kappa shape index (κ1) is 33.7. The third-order valence-corrected chi connectivity index (χ3v) is 5.45. The van der Waals surface area contributed by atoms with Crippen molar-refractivity contribution in [3.05, 3.63) is 46.4 Å². The van der Waals surface area contributed by atoms with Gasteiger partial charge in [0.25, 0.3) is 5.56 Å². The third-order valence-electron chi connectivity index (χ3n) is 5.45. The normalized spacial score (nSPS) is 12.0. The van der Waals surface area contributed by atoms with Crippen molar-refractivity contribution in [3.8, 4) is 16.9 Å². The highest BCUT2D eigenvalue weighted by Gasteiger charge is 2.25. The number of ether oxygens (including phenoxy) is 6. The number of hydrogen-bond acceptors (Lipinski definition) is 11. The summed E-state index contributed by atoms with van der Waals surface area (Å²) in [4.78, 5) is 37.5. The molecule has 0 spiro atoms. The van der Waals surface area contributed by atoms with Crippen LogP contribution in [0, 0.1) is 0 Å². The first-order valence-corrected chi connectivity index (χ1v) is 13.3. The van der Waals surface area contributed by atoms with E-state index in [0.29, 0.717) is 63.1 Å². The second-order valence-electron chi connectivity index (χ2n) is 9.91. The Bertz CT molecular complexity index is 1150. The minimum atomic E-state index is -0.955. The zero-order valence-electron chi connectivity index (χ0n) is 24.5. The molecular weight excluding hydrogens is 536 g/mol. The molecule has 0 radical (unpaired) electrons. The Kier molecular flexibility index (Phi) is 14.2. The molecule has 2 rings (SSSR count). The molecule has 0 aliphatic heterocycles. The molecule has 41 heavy (non-hydrogen) atoms. The number of nitrogens with one attached hydrogen (secondary N) is 1. The number of methoxy groups -OCH3 is 1. The molecule has 13 nitrogen and oxygen atoms in total. The Balaban J connectivity index is 1.99. The van der Waals surface area contributed by atoms with Gasteiger partial charge in [-0.25, -0.2) is 14.3 Å². The summed E-state index contributed by atoms with van der Waals surface area (Å²) < 4.78 is 33.3. The van der Waals surface area contributed by atoms with E-state index >= 15 is 0 Å². The average Bonchev–Trinajstić information content (AvgIpc) is 2.92. The second kappa shape index (κ2) is 17.3. The fourth-order valence-electron chi connectivity index (χ4n) is 3.56. The first-order chi connectivity index (χ1) is 19.6. The second-order valence-corrected chi connectivity index (χ2v) is 9.91. The number of nitrogens with zero attached hydrogens (tertiary/aromatic N) is 2. The number of rotatable bonds is 17. The van der Waals surface area contributed by atoms with E-state index in [2.05, 4.69) is 10.4 Å². The minimum Gasteiger partial charge on any atom is -0.489 e. The summed E-state index contributed by atoms with van der Waals surface area (Å²) in [5.74, 6) is -0.291. The molecule has 1 atom stereocenters. The number of carbonyl (C=O) groups is 2. The average molecular weight is 579 g/mol.